The van der Waals surface area contributed by atoms with Gasteiger partial charge in [0, 0.05) is 37.8 Å². The maximum atomic E-state index is 10.3. The molecule has 140 valence electrons. The van der Waals surface area contributed by atoms with Crippen molar-refractivity contribution in [2.24, 2.45) is 0 Å². The van der Waals surface area contributed by atoms with Crippen LogP contribution in [0.5, 0.6) is 11.5 Å². The van der Waals surface area contributed by atoms with Crippen molar-refractivity contribution < 1.29 is 19.3 Å². The van der Waals surface area contributed by atoms with Gasteiger partial charge in [0.25, 0.3) is 0 Å². The van der Waals surface area contributed by atoms with Gasteiger partial charge in [0.15, 0.2) is 11.5 Å². The predicted molar refractivity (Wildman–Crippen MR) is 96.2 cm³/mol. The fourth-order valence-electron chi connectivity index (χ4n) is 3.21. The molecule has 0 aromatic heterocycles. The molecule has 1 saturated heterocycles. The molecule has 6 nitrogen and oxygen atoms in total. The number of nitrogens with zero attached hydrogens (tertiary/aromatic N) is 1. The Labute approximate surface area is 150 Å². The minimum atomic E-state index is -0.532. The van der Waals surface area contributed by atoms with Gasteiger partial charge in [0.1, 0.15) is 12.7 Å². The quantitative estimate of drug-likeness (QED) is 0.702. The molecule has 2 aliphatic rings. The lowest BCUT2D eigenvalue weighted by Crippen LogP contribution is -2.42. The van der Waals surface area contributed by atoms with Crippen LogP contribution in [0.3, 0.4) is 0 Å². The van der Waals surface area contributed by atoms with Crippen molar-refractivity contribution in [3.8, 4) is 11.5 Å². The van der Waals surface area contributed by atoms with Crippen LogP contribution >= 0.6 is 0 Å². The summed E-state index contributed by atoms with van der Waals surface area (Å²) in [4.78, 5) is 2.21. The van der Waals surface area contributed by atoms with Crippen LogP contribution in [0.25, 0.3) is 0 Å². The van der Waals surface area contributed by atoms with Gasteiger partial charge in [-0.25, -0.2) is 0 Å². The molecule has 1 aliphatic heterocycles. The summed E-state index contributed by atoms with van der Waals surface area (Å²) in [5, 5.41) is 13.9. The van der Waals surface area contributed by atoms with E-state index in [4.69, 9.17) is 14.2 Å². The van der Waals surface area contributed by atoms with E-state index in [1.807, 2.05) is 12.1 Å². The van der Waals surface area contributed by atoms with Crippen LogP contribution in [0.1, 0.15) is 24.8 Å². The zero-order valence-electron chi connectivity index (χ0n) is 15.1. The van der Waals surface area contributed by atoms with Gasteiger partial charge in [0.2, 0.25) is 0 Å². The van der Waals surface area contributed by atoms with Crippen LogP contribution in [0.4, 0.5) is 0 Å². The Morgan fingerprint density at radius 2 is 2.12 bits per heavy atom. The molecule has 0 radical (unpaired) electrons. The second-order valence-corrected chi connectivity index (χ2v) is 6.84. The van der Waals surface area contributed by atoms with E-state index in [-0.39, 0.29) is 6.61 Å². The van der Waals surface area contributed by atoms with Crippen LogP contribution in [0, 0.1) is 0 Å². The van der Waals surface area contributed by atoms with Crippen molar-refractivity contribution in [2.45, 2.75) is 38.0 Å². The molecule has 1 saturated carbocycles. The van der Waals surface area contributed by atoms with Crippen molar-refractivity contribution in [3.05, 3.63) is 23.8 Å². The number of hydrogen-bond acceptors (Lipinski definition) is 6. The summed E-state index contributed by atoms with van der Waals surface area (Å²) in [7, 11) is 1.65. The largest absolute Gasteiger partial charge is 0.493 e. The number of rotatable bonds is 9. The third-order valence-corrected chi connectivity index (χ3v) is 4.96. The fourth-order valence-corrected chi connectivity index (χ4v) is 3.21. The molecule has 3 rings (SSSR count). The fraction of sp³-hybridized carbons (Fsp3) is 0.684. The maximum Gasteiger partial charge on any atom is 0.165 e. The van der Waals surface area contributed by atoms with E-state index in [9.17, 15) is 5.11 Å². The van der Waals surface area contributed by atoms with Crippen LogP contribution < -0.4 is 14.8 Å². The molecule has 1 atom stereocenters. The Morgan fingerprint density at radius 1 is 1.32 bits per heavy atom. The average Bonchev–Trinajstić information content (AvgIpc) is 2.59. The van der Waals surface area contributed by atoms with E-state index in [0.717, 1.165) is 44.2 Å². The summed E-state index contributed by atoms with van der Waals surface area (Å²) in [6.45, 7) is 4.82. The zero-order valence-corrected chi connectivity index (χ0v) is 15.1. The highest BCUT2D eigenvalue weighted by atomic mass is 16.5. The molecule has 6 heteroatoms. The Bertz CT molecular complexity index is 530. The molecule has 1 aliphatic carbocycles. The third-order valence-electron chi connectivity index (χ3n) is 4.96. The van der Waals surface area contributed by atoms with Crippen molar-refractivity contribution in [2.75, 3.05) is 46.6 Å². The lowest BCUT2D eigenvalue weighted by molar-refractivity contribution is 0.00435. The number of benzene rings is 1. The summed E-state index contributed by atoms with van der Waals surface area (Å²) in [5.74, 6) is 1.45. The molecule has 1 unspecified atom stereocenters. The van der Waals surface area contributed by atoms with Crippen LogP contribution in [0.15, 0.2) is 18.2 Å². The van der Waals surface area contributed by atoms with Gasteiger partial charge in [-0.3, -0.25) is 4.90 Å². The molecule has 2 N–H and O–H groups in total. The lowest BCUT2D eigenvalue weighted by Gasteiger charge is -2.29. The highest BCUT2D eigenvalue weighted by molar-refractivity contribution is 5.46. The van der Waals surface area contributed by atoms with Gasteiger partial charge in [-0.05, 0) is 18.9 Å². The number of para-hydroxylation sites is 1. The molecule has 2 fully saturated rings. The Balaban J connectivity index is 1.55. The zero-order chi connectivity index (χ0) is 17.5. The summed E-state index contributed by atoms with van der Waals surface area (Å²) in [5.41, 5.74) is 1.07. The number of ether oxygens (including phenoxy) is 3. The number of β-amino-alcohol motifs (C(OH)–C–C–N with tert-alkyl or cyclic N) is 1. The molecule has 25 heavy (non-hydrogen) atoms. The number of nitrogens with one attached hydrogen (secondary N) is 1. The Kier molecular flexibility index (Phi) is 6.93. The van der Waals surface area contributed by atoms with E-state index in [1.54, 1.807) is 7.11 Å². The van der Waals surface area contributed by atoms with Gasteiger partial charge in [0.05, 0.1) is 20.3 Å². The summed E-state index contributed by atoms with van der Waals surface area (Å²) >= 11 is 0. The predicted octanol–water partition coefficient (Wildman–Crippen LogP) is 1.41. The molecule has 0 bridgehead atoms. The molecule has 1 heterocycles. The van der Waals surface area contributed by atoms with E-state index in [2.05, 4.69) is 16.3 Å². The summed E-state index contributed by atoms with van der Waals surface area (Å²) < 4.78 is 16.8. The van der Waals surface area contributed by atoms with E-state index >= 15 is 0 Å². The van der Waals surface area contributed by atoms with Crippen molar-refractivity contribution in [1.82, 2.24) is 10.2 Å². The van der Waals surface area contributed by atoms with E-state index < -0.39 is 6.10 Å². The molecule has 1 aromatic rings. The van der Waals surface area contributed by atoms with Crippen LogP contribution in [-0.2, 0) is 11.3 Å². The summed E-state index contributed by atoms with van der Waals surface area (Å²) in [6.07, 6.45) is 3.28. The highest BCUT2D eigenvalue weighted by Gasteiger charge is 2.20. The monoisotopic (exact) mass is 350 g/mol. The van der Waals surface area contributed by atoms with Gasteiger partial charge in [-0.1, -0.05) is 18.6 Å². The van der Waals surface area contributed by atoms with Crippen molar-refractivity contribution in [3.63, 3.8) is 0 Å². The van der Waals surface area contributed by atoms with Gasteiger partial charge in [-0.2, -0.15) is 0 Å². The Morgan fingerprint density at radius 3 is 2.80 bits per heavy atom. The van der Waals surface area contributed by atoms with E-state index in [1.165, 1.54) is 19.3 Å². The van der Waals surface area contributed by atoms with Crippen molar-refractivity contribution in [1.29, 1.82) is 0 Å². The van der Waals surface area contributed by atoms with Gasteiger partial charge in [-0.15, -0.1) is 0 Å². The minimum absolute atomic E-state index is 0.258. The number of aliphatic hydroxyl groups is 1. The molecular formula is C19H30N2O4. The first kappa shape index (κ1) is 18.5. The normalized spacial score (nSPS) is 20.1. The van der Waals surface area contributed by atoms with Crippen LogP contribution in [-0.4, -0.2) is 68.7 Å². The smallest absolute Gasteiger partial charge is 0.165 e. The topological polar surface area (TPSA) is 63.2 Å². The second-order valence-electron chi connectivity index (χ2n) is 6.84. The molecular weight excluding hydrogens is 320 g/mol. The standard InChI is InChI=1S/C19H30N2O4/c1-23-18-7-2-4-15(12-20-16-5-3-6-16)19(18)25-14-17(22)13-21-8-10-24-11-9-21/h2,4,7,16-17,20,22H,3,5-6,8-14H2,1H3. The lowest BCUT2D eigenvalue weighted by atomic mass is 9.93. The number of morpholine rings is 1. The number of methoxy groups -OCH3 is 1. The average molecular weight is 350 g/mol. The molecule has 0 amide bonds. The van der Waals surface area contributed by atoms with Gasteiger partial charge < -0.3 is 24.6 Å². The second kappa shape index (κ2) is 9.38. The molecule has 1 aromatic carbocycles. The number of hydrogen-bond donors (Lipinski definition) is 2. The first-order chi connectivity index (χ1) is 12.3. The van der Waals surface area contributed by atoms with Gasteiger partial charge >= 0.3 is 0 Å². The van der Waals surface area contributed by atoms with Crippen LogP contribution in [0.2, 0.25) is 0 Å². The minimum Gasteiger partial charge on any atom is -0.493 e. The third kappa shape index (κ3) is 5.31. The SMILES string of the molecule is COc1cccc(CNC2CCC2)c1OCC(O)CN1CCOCC1. The molecule has 0 spiro atoms. The van der Waals surface area contributed by atoms with E-state index in [0.29, 0.717) is 18.3 Å². The maximum absolute atomic E-state index is 10.3. The first-order valence-electron chi connectivity index (χ1n) is 9.26. The van der Waals surface area contributed by atoms with Crippen molar-refractivity contribution >= 4 is 0 Å². The summed E-state index contributed by atoms with van der Waals surface area (Å²) in [6, 6.07) is 6.55. The Hall–Kier alpha value is -1.34. The highest BCUT2D eigenvalue weighted by Crippen LogP contribution is 2.32. The number of aliphatic hydroxyl groups excluding tert-OH is 1. The first-order valence-corrected chi connectivity index (χ1v) is 9.26.